The Morgan fingerprint density at radius 1 is 1.21 bits per heavy atom. The van der Waals surface area contributed by atoms with Crippen molar-refractivity contribution in [2.75, 3.05) is 38.7 Å². The summed E-state index contributed by atoms with van der Waals surface area (Å²) in [5, 5.41) is 1.13. The van der Waals surface area contributed by atoms with E-state index in [0.29, 0.717) is 5.41 Å². The fourth-order valence-electron chi connectivity index (χ4n) is 4.78. The molecule has 2 nitrogen and oxygen atoms in total. The summed E-state index contributed by atoms with van der Waals surface area (Å²) in [5.41, 5.74) is 0.463. The van der Waals surface area contributed by atoms with Crippen LogP contribution in [0, 0.1) is 23.2 Å². The van der Waals surface area contributed by atoms with Crippen LogP contribution in [0.25, 0.3) is 0 Å². The van der Waals surface area contributed by atoms with Crippen molar-refractivity contribution < 1.29 is 4.74 Å². The van der Waals surface area contributed by atoms with E-state index in [2.05, 4.69) is 27.9 Å². The highest BCUT2D eigenvalue weighted by Gasteiger charge is 2.40. The van der Waals surface area contributed by atoms with Gasteiger partial charge in [-0.25, -0.2) is 0 Å². The van der Waals surface area contributed by atoms with Gasteiger partial charge in [-0.15, -0.1) is 0 Å². The van der Waals surface area contributed by atoms with Crippen molar-refractivity contribution in [3.63, 3.8) is 0 Å². The zero-order chi connectivity index (χ0) is 13.3. The third-order valence-corrected chi connectivity index (χ3v) is 7.06. The molecule has 2 aliphatic carbocycles. The first kappa shape index (κ1) is 14.3. The van der Waals surface area contributed by atoms with Gasteiger partial charge in [0.1, 0.15) is 0 Å². The largest absolute Gasteiger partial charge is 0.381 e. The van der Waals surface area contributed by atoms with Gasteiger partial charge in [0.15, 0.2) is 0 Å². The van der Waals surface area contributed by atoms with Crippen molar-refractivity contribution in [2.24, 2.45) is 23.2 Å². The summed E-state index contributed by atoms with van der Waals surface area (Å²) in [4.78, 5) is 2.62. The molecule has 1 heterocycles. The molecule has 0 spiro atoms. The molecular formula is C16H28BrNO. The summed E-state index contributed by atoms with van der Waals surface area (Å²) in [7, 11) is 2.34. The fourth-order valence-corrected chi connectivity index (χ4v) is 5.51. The van der Waals surface area contributed by atoms with Gasteiger partial charge < -0.3 is 9.64 Å². The Balaban J connectivity index is 1.51. The molecule has 3 heteroatoms. The smallest absolute Gasteiger partial charge is 0.0472 e. The summed E-state index contributed by atoms with van der Waals surface area (Å²) in [6, 6.07) is 0. The van der Waals surface area contributed by atoms with Crippen molar-refractivity contribution in [1.82, 2.24) is 4.90 Å². The molecule has 0 aromatic carbocycles. The molecular weight excluding hydrogens is 302 g/mol. The van der Waals surface area contributed by atoms with Gasteiger partial charge >= 0.3 is 0 Å². The predicted molar refractivity (Wildman–Crippen MR) is 82.7 cm³/mol. The van der Waals surface area contributed by atoms with Crippen LogP contribution in [0.3, 0.4) is 0 Å². The number of alkyl halides is 1. The average Bonchev–Trinajstić information content (AvgIpc) is 3.02. The number of rotatable bonds is 5. The lowest BCUT2D eigenvalue weighted by atomic mass is 9.81. The maximum Gasteiger partial charge on any atom is 0.0472 e. The number of hydrogen-bond acceptors (Lipinski definition) is 2. The molecule has 19 heavy (non-hydrogen) atoms. The van der Waals surface area contributed by atoms with E-state index in [1.165, 1.54) is 51.6 Å². The average molecular weight is 330 g/mol. The first-order valence-corrected chi connectivity index (χ1v) is 9.15. The van der Waals surface area contributed by atoms with Gasteiger partial charge in [-0.1, -0.05) is 22.4 Å². The van der Waals surface area contributed by atoms with Crippen LogP contribution in [0.5, 0.6) is 0 Å². The minimum absolute atomic E-state index is 0.463. The van der Waals surface area contributed by atoms with E-state index >= 15 is 0 Å². The molecule has 0 aromatic rings. The van der Waals surface area contributed by atoms with Gasteiger partial charge in [-0.2, -0.15) is 0 Å². The van der Waals surface area contributed by atoms with Crippen molar-refractivity contribution in [2.45, 2.75) is 38.5 Å². The van der Waals surface area contributed by atoms with Crippen LogP contribution in [0.4, 0.5) is 0 Å². The second-order valence-corrected chi connectivity index (χ2v) is 7.94. The van der Waals surface area contributed by atoms with Crippen molar-refractivity contribution in [1.29, 1.82) is 0 Å². The maximum absolute atomic E-state index is 5.54. The van der Waals surface area contributed by atoms with Gasteiger partial charge in [-0.3, -0.25) is 0 Å². The van der Waals surface area contributed by atoms with E-state index in [1.54, 1.807) is 0 Å². The zero-order valence-corrected chi connectivity index (χ0v) is 13.8. The molecule has 1 saturated heterocycles. The number of ether oxygens (including phenoxy) is 1. The Labute approximate surface area is 126 Å². The third-order valence-electron chi connectivity index (χ3n) is 5.87. The van der Waals surface area contributed by atoms with Crippen LogP contribution >= 0.6 is 15.9 Å². The van der Waals surface area contributed by atoms with E-state index in [0.717, 1.165) is 36.3 Å². The van der Waals surface area contributed by atoms with Gasteiger partial charge in [0.25, 0.3) is 0 Å². The van der Waals surface area contributed by atoms with E-state index in [1.807, 2.05) is 0 Å². The Bertz CT molecular complexity index is 303. The lowest BCUT2D eigenvalue weighted by molar-refractivity contribution is 0.00893. The van der Waals surface area contributed by atoms with Gasteiger partial charge in [0.2, 0.25) is 0 Å². The minimum atomic E-state index is 0.463. The van der Waals surface area contributed by atoms with Crippen LogP contribution in [-0.4, -0.2) is 43.6 Å². The first-order valence-electron chi connectivity index (χ1n) is 8.03. The number of halogens is 1. The quantitative estimate of drug-likeness (QED) is 0.715. The zero-order valence-electron chi connectivity index (χ0n) is 12.2. The summed E-state index contributed by atoms with van der Waals surface area (Å²) in [6.07, 6.45) is 8.53. The molecule has 2 saturated carbocycles. The second-order valence-electron chi connectivity index (χ2n) is 7.38. The van der Waals surface area contributed by atoms with Gasteiger partial charge in [-0.05, 0) is 62.3 Å². The van der Waals surface area contributed by atoms with Gasteiger partial charge in [0.05, 0.1) is 0 Å². The molecule has 1 aliphatic heterocycles. The number of nitrogens with zero attached hydrogens (tertiary/aromatic N) is 1. The summed E-state index contributed by atoms with van der Waals surface area (Å²) >= 11 is 3.76. The number of fused-ring (bicyclic) bond motifs is 2. The summed E-state index contributed by atoms with van der Waals surface area (Å²) in [5.74, 6) is 3.13. The Hall–Kier alpha value is 0.400. The highest BCUT2D eigenvalue weighted by Crippen LogP contribution is 2.48. The molecule has 3 aliphatic rings. The molecule has 110 valence electrons. The number of hydrogen-bond donors (Lipinski definition) is 0. The highest BCUT2D eigenvalue weighted by atomic mass is 79.9. The topological polar surface area (TPSA) is 12.5 Å². The Morgan fingerprint density at radius 2 is 2.00 bits per heavy atom. The molecule has 0 N–H and O–H groups in total. The lowest BCUT2D eigenvalue weighted by Crippen LogP contribution is -2.43. The minimum Gasteiger partial charge on any atom is -0.381 e. The lowest BCUT2D eigenvalue weighted by Gasteiger charge is -2.40. The first-order chi connectivity index (χ1) is 9.21. The summed E-state index contributed by atoms with van der Waals surface area (Å²) < 4.78 is 5.54. The standard InChI is InChI=1S/C16H28BrNO/c1-18(10-15-9-13-2-3-14(15)8-13)12-16(11-17)4-6-19-7-5-16/h13-15H,2-12H2,1H3. The third kappa shape index (κ3) is 3.19. The fraction of sp³-hybridized carbons (Fsp3) is 1.00. The maximum atomic E-state index is 5.54. The summed E-state index contributed by atoms with van der Waals surface area (Å²) in [6.45, 7) is 4.48. The van der Waals surface area contributed by atoms with Crippen LogP contribution in [0.15, 0.2) is 0 Å². The predicted octanol–water partition coefficient (Wildman–Crippen LogP) is 3.55. The van der Waals surface area contributed by atoms with E-state index in [-0.39, 0.29) is 0 Å². The van der Waals surface area contributed by atoms with Crippen LogP contribution in [0.2, 0.25) is 0 Å². The highest BCUT2D eigenvalue weighted by molar-refractivity contribution is 9.09. The molecule has 0 radical (unpaired) electrons. The van der Waals surface area contributed by atoms with E-state index < -0.39 is 0 Å². The monoisotopic (exact) mass is 329 g/mol. The van der Waals surface area contributed by atoms with Crippen LogP contribution in [0.1, 0.15) is 38.5 Å². The SMILES string of the molecule is CN(CC1CC2CCC1C2)CC1(CBr)CCOCC1. The second kappa shape index (κ2) is 6.03. The molecule has 3 rings (SSSR count). The molecule has 3 atom stereocenters. The van der Waals surface area contributed by atoms with E-state index in [9.17, 15) is 0 Å². The van der Waals surface area contributed by atoms with Crippen LogP contribution in [-0.2, 0) is 4.74 Å². The Morgan fingerprint density at radius 3 is 2.58 bits per heavy atom. The molecule has 0 amide bonds. The van der Waals surface area contributed by atoms with Crippen molar-refractivity contribution in [3.05, 3.63) is 0 Å². The molecule has 3 unspecified atom stereocenters. The molecule has 3 fully saturated rings. The van der Waals surface area contributed by atoms with Gasteiger partial charge in [0, 0.05) is 31.6 Å². The van der Waals surface area contributed by atoms with E-state index in [4.69, 9.17) is 4.74 Å². The van der Waals surface area contributed by atoms with Crippen molar-refractivity contribution in [3.8, 4) is 0 Å². The van der Waals surface area contributed by atoms with Crippen LogP contribution < -0.4 is 0 Å². The molecule has 2 bridgehead atoms. The van der Waals surface area contributed by atoms with Crippen molar-refractivity contribution >= 4 is 15.9 Å². The molecule has 0 aromatic heterocycles. The Kier molecular flexibility index (Phi) is 4.55. The normalized spacial score (nSPS) is 37.1.